The number of carbonyl (C=O) groups is 1. The Bertz CT molecular complexity index is 1560. The van der Waals surface area contributed by atoms with Crippen molar-refractivity contribution in [1.82, 2.24) is 9.88 Å². The summed E-state index contributed by atoms with van der Waals surface area (Å²) in [6.45, 7) is 20.9. The summed E-state index contributed by atoms with van der Waals surface area (Å²) in [4.78, 5) is 22.7. The molecule has 1 saturated heterocycles. The molecular weight excluding hydrogens is 562 g/mol. The van der Waals surface area contributed by atoms with Crippen molar-refractivity contribution in [2.24, 2.45) is 5.41 Å². The number of pyridine rings is 1. The second-order valence-corrected chi connectivity index (χ2v) is 14.8. The van der Waals surface area contributed by atoms with Crippen LogP contribution in [0.5, 0.6) is 5.75 Å². The van der Waals surface area contributed by atoms with Crippen LogP contribution in [0.15, 0.2) is 36.4 Å². The molecule has 0 bridgehead atoms. The Morgan fingerprint density at radius 1 is 1.00 bits per heavy atom. The van der Waals surface area contributed by atoms with Crippen LogP contribution in [-0.4, -0.2) is 53.3 Å². The Hall–Kier alpha value is -3.42. The smallest absolute Gasteiger partial charge is 0.337 e. The van der Waals surface area contributed by atoms with Crippen molar-refractivity contribution in [3.8, 4) is 16.9 Å². The highest BCUT2D eigenvalue weighted by Crippen LogP contribution is 2.45. The van der Waals surface area contributed by atoms with Gasteiger partial charge in [0.25, 0.3) is 0 Å². The molecule has 0 aliphatic carbocycles. The molecule has 2 aliphatic heterocycles. The van der Waals surface area contributed by atoms with Crippen molar-refractivity contribution in [1.29, 1.82) is 0 Å². The Balaban J connectivity index is 1.54. The summed E-state index contributed by atoms with van der Waals surface area (Å²) in [5.41, 5.74) is 10.2. The van der Waals surface area contributed by atoms with Crippen LogP contribution in [0.4, 0.5) is 5.69 Å². The Kier molecular flexibility index (Phi) is 9.35. The molecule has 3 heterocycles. The molecule has 5 rings (SSSR count). The second-order valence-electron chi connectivity index (χ2n) is 14.8. The van der Waals surface area contributed by atoms with E-state index in [1.165, 1.54) is 16.7 Å². The number of benzene rings is 2. The number of nitrogens with zero attached hydrogens (tertiary/aromatic N) is 3. The highest BCUT2D eigenvalue weighted by molar-refractivity contribution is 5.88. The lowest BCUT2D eigenvalue weighted by Crippen LogP contribution is -2.39. The van der Waals surface area contributed by atoms with Gasteiger partial charge in [0.15, 0.2) is 6.10 Å². The summed E-state index contributed by atoms with van der Waals surface area (Å²) in [6.07, 6.45) is 1.92. The predicted molar refractivity (Wildman–Crippen MR) is 181 cm³/mol. The first-order valence-electron chi connectivity index (χ1n) is 16.3. The zero-order chi connectivity index (χ0) is 32.7. The molecule has 0 spiro atoms. The van der Waals surface area contributed by atoms with Crippen LogP contribution in [-0.2, 0) is 29.0 Å². The van der Waals surface area contributed by atoms with Crippen molar-refractivity contribution in [3.63, 3.8) is 0 Å². The summed E-state index contributed by atoms with van der Waals surface area (Å²) < 4.78 is 11.7. The molecule has 0 radical (unpaired) electrons. The normalized spacial score (nSPS) is 17.6. The molecule has 0 saturated carbocycles. The van der Waals surface area contributed by atoms with E-state index in [0.717, 1.165) is 91.5 Å². The standard InChI is InChI=1S/C38H51N3O4/c1-24-20-27(10-13-31(24)44-9)22-40-17-14-28-21-29(11-12-30(28)23-40)32-25(2)39-26(3)33(35(36(42)43)45-37(4,5)6)34(32)41-18-15-38(7,8)16-19-41/h10-13,20-21,35H,14-19,22-23H2,1-9H3,(H,42,43)/t35-/m0/s1. The lowest BCUT2D eigenvalue weighted by molar-refractivity contribution is -0.160. The van der Waals surface area contributed by atoms with E-state index < -0.39 is 17.7 Å². The second kappa shape index (κ2) is 12.8. The molecule has 1 aromatic heterocycles. The molecule has 0 amide bonds. The maximum Gasteiger partial charge on any atom is 0.337 e. The number of aryl methyl sites for hydroxylation is 3. The SMILES string of the molecule is COc1ccc(CN2CCc3cc(-c4c(C)nc(C)c([C@H](OC(C)(C)C)C(=O)O)c4N4CCC(C)(C)CC4)ccc3C2)cc1C. The number of carboxylic acids is 1. The van der Waals surface area contributed by atoms with Crippen LogP contribution in [0.1, 0.15) is 92.8 Å². The summed E-state index contributed by atoms with van der Waals surface area (Å²) in [6, 6.07) is 13.2. The van der Waals surface area contributed by atoms with Gasteiger partial charge in [0.2, 0.25) is 0 Å². The zero-order valence-corrected chi connectivity index (χ0v) is 28.7. The van der Waals surface area contributed by atoms with E-state index in [4.69, 9.17) is 14.5 Å². The summed E-state index contributed by atoms with van der Waals surface area (Å²) >= 11 is 0. The number of aliphatic carboxylic acids is 1. The van der Waals surface area contributed by atoms with Crippen LogP contribution in [0.3, 0.4) is 0 Å². The minimum absolute atomic E-state index is 0.254. The van der Waals surface area contributed by atoms with E-state index in [1.807, 2.05) is 27.7 Å². The van der Waals surface area contributed by atoms with E-state index in [2.05, 4.69) is 73.9 Å². The fraction of sp³-hybridized carbons (Fsp3) is 0.526. The summed E-state index contributed by atoms with van der Waals surface area (Å²) in [5.74, 6) is -0.0626. The Morgan fingerprint density at radius 3 is 2.33 bits per heavy atom. The van der Waals surface area contributed by atoms with Crippen LogP contribution in [0, 0.1) is 26.2 Å². The van der Waals surface area contributed by atoms with Crippen molar-refractivity contribution in [3.05, 3.63) is 75.6 Å². The third kappa shape index (κ3) is 7.36. The summed E-state index contributed by atoms with van der Waals surface area (Å²) in [7, 11) is 1.72. The van der Waals surface area contributed by atoms with Gasteiger partial charge in [-0.2, -0.15) is 0 Å². The number of fused-ring (bicyclic) bond motifs is 1. The van der Waals surface area contributed by atoms with Crippen LogP contribution in [0.25, 0.3) is 11.1 Å². The number of aromatic nitrogens is 1. The largest absolute Gasteiger partial charge is 0.496 e. The Labute approximate surface area is 269 Å². The highest BCUT2D eigenvalue weighted by Gasteiger charge is 2.36. The first-order valence-corrected chi connectivity index (χ1v) is 16.3. The van der Waals surface area contributed by atoms with Gasteiger partial charge < -0.3 is 19.5 Å². The van der Waals surface area contributed by atoms with E-state index in [9.17, 15) is 9.90 Å². The van der Waals surface area contributed by atoms with Crippen molar-refractivity contribution in [2.75, 3.05) is 31.6 Å². The molecule has 2 aliphatic rings. The number of methoxy groups -OCH3 is 1. The van der Waals surface area contributed by atoms with Gasteiger partial charge in [-0.25, -0.2) is 4.79 Å². The van der Waals surface area contributed by atoms with Crippen LogP contribution < -0.4 is 9.64 Å². The van der Waals surface area contributed by atoms with Gasteiger partial charge >= 0.3 is 5.97 Å². The summed E-state index contributed by atoms with van der Waals surface area (Å²) in [5, 5.41) is 10.5. The van der Waals surface area contributed by atoms with Crippen molar-refractivity contribution in [2.45, 2.75) is 99.4 Å². The average molecular weight is 614 g/mol. The minimum atomic E-state index is -1.12. The van der Waals surface area contributed by atoms with Crippen molar-refractivity contribution >= 4 is 11.7 Å². The van der Waals surface area contributed by atoms with Gasteiger partial charge in [0.1, 0.15) is 5.75 Å². The number of carboxylic acid groups (broad SMARTS) is 1. The van der Waals surface area contributed by atoms with Crippen LogP contribution in [0.2, 0.25) is 0 Å². The number of ether oxygens (including phenoxy) is 2. The topological polar surface area (TPSA) is 75.1 Å². The fourth-order valence-corrected chi connectivity index (χ4v) is 6.95. The third-order valence-corrected chi connectivity index (χ3v) is 9.42. The predicted octanol–water partition coefficient (Wildman–Crippen LogP) is 7.81. The van der Waals surface area contributed by atoms with Gasteiger partial charge in [0.05, 0.1) is 18.4 Å². The van der Waals surface area contributed by atoms with Gasteiger partial charge in [-0.1, -0.05) is 44.2 Å². The van der Waals surface area contributed by atoms with Gasteiger partial charge in [-0.05, 0) is 100 Å². The molecule has 1 N–H and O–H groups in total. The molecule has 2 aromatic carbocycles. The molecule has 1 fully saturated rings. The molecule has 45 heavy (non-hydrogen) atoms. The van der Waals surface area contributed by atoms with E-state index >= 15 is 0 Å². The molecule has 3 aromatic rings. The maximum atomic E-state index is 12.8. The maximum absolute atomic E-state index is 12.8. The molecule has 7 nitrogen and oxygen atoms in total. The quantitative estimate of drug-likeness (QED) is 0.278. The molecule has 242 valence electrons. The minimum Gasteiger partial charge on any atom is -0.496 e. The third-order valence-electron chi connectivity index (χ3n) is 9.42. The van der Waals surface area contributed by atoms with E-state index in [-0.39, 0.29) is 5.41 Å². The number of piperidine rings is 1. The molecule has 7 heteroatoms. The van der Waals surface area contributed by atoms with E-state index in [0.29, 0.717) is 5.56 Å². The fourth-order valence-electron chi connectivity index (χ4n) is 6.95. The lowest BCUT2D eigenvalue weighted by atomic mass is 9.81. The Morgan fingerprint density at radius 2 is 1.71 bits per heavy atom. The lowest BCUT2D eigenvalue weighted by Gasteiger charge is -2.41. The highest BCUT2D eigenvalue weighted by atomic mass is 16.5. The monoisotopic (exact) mass is 613 g/mol. The van der Waals surface area contributed by atoms with E-state index in [1.54, 1.807) is 7.11 Å². The number of anilines is 1. The molecular formula is C38H51N3O4. The number of hydrogen-bond donors (Lipinski definition) is 1. The van der Waals surface area contributed by atoms with Gasteiger partial charge in [0, 0.05) is 55.2 Å². The van der Waals surface area contributed by atoms with Gasteiger partial charge in [-0.3, -0.25) is 9.88 Å². The first kappa shape index (κ1) is 33.0. The molecule has 0 unspecified atom stereocenters. The number of rotatable bonds is 8. The van der Waals surface area contributed by atoms with Crippen molar-refractivity contribution < 1.29 is 19.4 Å². The zero-order valence-electron chi connectivity index (χ0n) is 28.7. The average Bonchev–Trinajstić information content (AvgIpc) is 2.95. The molecule has 1 atom stereocenters. The number of hydrogen-bond acceptors (Lipinski definition) is 6. The first-order chi connectivity index (χ1) is 21.2. The van der Waals surface area contributed by atoms with Gasteiger partial charge in [-0.15, -0.1) is 0 Å². The van der Waals surface area contributed by atoms with Crippen LogP contribution >= 0.6 is 0 Å².